The fourth-order valence-electron chi connectivity index (χ4n) is 3.99. The van der Waals surface area contributed by atoms with Crippen molar-refractivity contribution in [1.29, 1.82) is 0 Å². The number of aromatic amines is 1. The van der Waals surface area contributed by atoms with Crippen LogP contribution < -0.4 is 10.6 Å². The van der Waals surface area contributed by atoms with Crippen LogP contribution in [0.25, 0.3) is 21.8 Å². The Morgan fingerprint density at radius 2 is 1.82 bits per heavy atom. The highest BCUT2D eigenvalue weighted by atomic mass is 16.6. The van der Waals surface area contributed by atoms with E-state index in [4.69, 9.17) is 4.74 Å². The Morgan fingerprint density at radius 1 is 1.09 bits per heavy atom. The predicted molar refractivity (Wildman–Crippen MR) is 134 cm³/mol. The zero-order valence-corrected chi connectivity index (χ0v) is 20.2. The van der Waals surface area contributed by atoms with Crippen LogP contribution in [0.5, 0.6) is 0 Å². The molecular formula is C27H30N4O3. The molecule has 1 aromatic heterocycles. The van der Waals surface area contributed by atoms with Crippen molar-refractivity contribution in [1.82, 2.24) is 20.6 Å². The Morgan fingerprint density at radius 3 is 2.59 bits per heavy atom. The lowest BCUT2D eigenvalue weighted by Crippen LogP contribution is -2.32. The van der Waals surface area contributed by atoms with Gasteiger partial charge in [0.25, 0.3) is 5.91 Å². The summed E-state index contributed by atoms with van der Waals surface area (Å²) in [7, 11) is 0. The van der Waals surface area contributed by atoms with Crippen LogP contribution in [0.4, 0.5) is 4.79 Å². The van der Waals surface area contributed by atoms with Gasteiger partial charge in [-0.25, -0.2) is 9.78 Å². The number of aromatic nitrogens is 2. The predicted octanol–water partition coefficient (Wildman–Crippen LogP) is 5.54. The van der Waals surface area contributed by atoms with Crippen molar-refractivity contribution >= 4 is 33.8 Å². The molecule has 7 nitrogen and oxygen atoms in total. The van der Waals surface area contributed by atoms with Crippen LogP contribution >= 0.6 is 0 Å². The fourth-order valence-corrected chi connectivity index (χ4v) is 3.99. The number of aryl methyl sites for hydroxylation is 1. The van der Waals surface area contributed by atoms with Crippen molar-refractivity contribution in [3.05, 3.63) is 77.1 Å². The number of amides is 2. The van der Waals surface area contributed by atoms with Gasteiger partial charge in [-0.1, -0.05) is 42.5 Å². The molecule has 0 radical (unpaired) electrons. The van der Waals surface area contributed by atoms with Crippen LogP contribution in [0.1, 0.15) is 61.0 Å². The van der Waals surface area contributed by atoms with E-state index in [1.54, 1.807) is 6.07 Å². The van der Waals surface area contributed by atoms with Crippen molar-refractivity contribution in [2.24, 2.45) is 0 Å². The minimum absolute atomic E-state index is 0.150. The zero-order valence-electron chi connectivity index (χ0n) is 20.2. The number of carbonyl (C=O) groups is 2. The van der Waals surface area contributed by atoms with Crippen molar-refractivity contribution in [2.75, 3.05) is 0 Å². The van der Waals surface area contributed by atoms with Crippen molar-refractivity contribution in [2.45, 2.75) is 52.8 Å². The van der Waals surface area contributed by atoms with Crippen molar-refractivity contribution in [3.8, 4) is 0 Å². The number of carbonyl (C=O) groups excluding carboxylic acids is 2. The number of alkyl carbamates (subject to hydrolysis) is 1. The fraction of sp³-hybridized carbons (Fsp3) is 0.296. The topological polar surface area (TPSA) is 96.1 Å². The maximum absolute atomic E-state index is 13.2. The molecule has 3 aromatic carbocycles. The van der Waals surface area contributed by atoms with Gasteiger partial charge in [0.1, 0.15) is 11.4 Å². The molecule has 7 heteroatoms. The lowest BCUT2D eigenvalue weighted by atomic mass is 9.99. The molecule has 3 N–H and O–H groups in total. The minimum Gasteiger partial charge on any atom is -0.444 e. The molecule has 0 spiro atoms. The largest absolute Gasteiger partial charge is 0.444 e. The Labute approximate surface area is 198 Å². The number of nitrogens with one attached hydrogen (secondary N) is 3. The van der Waals surface area contributed by atoms with Gasteiger partial charge in [-0.15, -0.1) is 0 Å². The average molecular weight is 459 g/mol. The van der Waals surface area contributed by atoms with Crippen LogP contribution in [-0.2, 0) is 11.3 Å². The highest BCUT2D eigenvalue weighted by Crippen LogP contribution is 2.25. The van der Waals surface area contributed by atoms with Gasteiger partial charge in [0.05, 0.1) is 23.6 Å². The Bertz CT molecular complexity index is 1360. The molecule has 0 fully saturated rings. The van der Waals surface area contributed by atoms with Crippen molar-refractivity contribution < 1.29 is 14.3 Å². The molecule has 1 heterocycles. The van der Waals surface area contributed by atoms with Crippen molar-refractivity contribution in [3.63, 3.8) is 0 Å². The monoisotopic (exact) mass is 458 g/mol. The second kappa shape index (κ2) is 9.17. The lowest BCUT2D eigenvalue weighted by molar-refractivity contribution is 0.0522. The standard InChI is InChI=1S/C27H30N4O3/c1-16-13-22-23(31-24(30-22)15-28-26(33)34-27(3,4)5)14-21(16)25(32)29-17(2)19-12-8-10-18-9-6-7-11-20(18)19/h6-14,17H,15H2,1-5H3,(H,28,33)(H,29,32)(H,30,31)/t17-/m1/s1. The number of benzene rings is 3. The number of fused-ring (bicyclic) bond motifs is 2. The Balaban J connectivity index is 1.50. The van der Waals surface area contributed by atoms with E-state index in [0.717, 1.165) is 32.9 Å². The summed E-state index contributed by atoms with van der Waals surface area (Å²) in [5.41, 5.74) is 3.37. The Hall–Kier alpha value is -3.87. The third-order valence-corrected chi connectivity index (χ3v) is 5.56. The zero-order chi connectivity index (χ0) is 24.5. The minimum atomic E-state index is -0.569. The molecule has 2 amide bonds. The quantitative estimate of drug-likeness (QED) is 0.366. The molecule has 1 atom stereocenters. The SMILES string of the molecule is Cc1cc2nc(CNC(=O)OC(C)(C)C)[nH]c2cc1C(=O)N[C@H](C)c1cccc2ccccc12. The average Bonchev–Trinajstić information content (AvgIpc) is 3.17. The summed E-state index contributed by atoms with van der Waals surface area (Å²) in [5, 5.41) is 8.09. The summed E-state index contributed by atoms with van der Waals surface area (Å²) in [6, 6.07) is 17.8. The third-order valence-electron chi connectivity index (χ3n) is 5.56. The molecule has 0 saturated carbocycles. The molecular weight excluding hydrogens is 428 g/mol. The number of H-pyrrole nitrogens is 1. The van der Waals surface area contributed by atoms with E-state index >= 15 is 0 Å². The summed E-state index contributed by atoms with van der Waals surface area (Å²) < 4.78 is 5.26. The second-order valence-corrected chi connectivity index (χ2v) is 9.49. The molecule has 4 rings (SSSR count). The maximum Gasteiger partial charge on any atom is 0.408 e. The van der Waals surface area contributed by atoms with Gasteiger partial charge >= 0.3 is 6.09 Å². The highest BCUT2D eigenvalue weighted by Gasteiger charge is 2.18. The van der Waals surface area contributed by atoms with Gasteiger partial charge in [0, 0.05) is 5.56 Å². The summed E-state index contributed by atoms with van der Waals surface area (Å²) in [6.07, 6.45) is -0.508. The number of hydrogen-bond donors (Lipinski definition) is 3. The van der Waals surface area contributed by atoms with E-state index in [2.05, 4.69) is 38.8 Å². The van der Waals surface area contributed by atoms with E-state index in [1.165, 1.54) is 0 Å². The van der Waals surface area contributed by atoms with E-state index in [0.29, 0.717) is 11.4 Å². The second-order valence-electron chi connectivity index (χ2n) is 9.49. The molecule has 0 aliphatic carbocycles. The Kier molecular flexibility index (Phi) is 6.28. The summed E-state index contributed by atoms with van der Waals surface area (Å²) in [5.74, 6) is 0.435. The first-order valence-electron chi connectivity index (χ1n) is 11.4. The first kappa shape index (κ1) is 23.3. The van der Waals surface area contributed by atoms with Gasteiger partial charge in [-0.3, -0.25) is 4.79 Å². The molecule has 0 aliphatic rings. The highest BCUT2D eigenvalue weighted by molar-refractivity contribution is 5.99. The molecule has 0 unspecified atom stereocenters. The molecule has 4 aromatic rings. The maximum atomic E-state index is 13.2. The van der Waals surface area contributed by atoms with Gasteiger partial charge in [0.15, 0.2) is 0 Å². The summed E-state index contributed by atoms with van der Waals surface area (Å²) >= 11 is 0. The van der Waals surface area contributed by atoms with Crippen LogP contribution in [0.3, 0.4) is 0 Å². The van der Waals surface area contributed by atoms with Gasteiger partial charge in [-0.2, -0.15) is 0 Å². The van der Waals surface area contributed by atoms with Gasteiger partial charge in [-0.05, 0) is 68.7 Å². The molecule has 0 saturated heterocycles. The van der Waals surface area contributed by atoms with E-state index < -0.39 is 11.7 Å². The van der Waals surface area contributed by atoms with E-state index in [9.17, 15) is 9.59 Å². The normalized spacial score (nSPS) is 12.5. The van der Waals surface area contributed by atoms with Crippen LogP contribution in [0, 0.1) is 6.92 Å². The molecule has 0 bridgehead atoms. The first-order chi connectivity index (χ1) is 16.1. The molecule has 0 aliphatic heterocycles. The van der Waals surface area contributed by atoms with E-state index in [1.807, 2.05) is 65.0 Å². The molecule has 34 heavy (non-hydrogen) atoms. The summed E-state index contributed by atoms with van der Waals surface area (Å²) in [6.45, 7) is 9.51. The summed E-state index contributed by atoms with van der Waals surface area (Å²) in [4.78, 5) is 32.8. The van der Waals surface area contributed by atoms with Gasteiger partial charge < -0.3 is 20.4 Å². The number of rotatable bonds is 5. The van der Waals surface area contributed by atoms with Crippen LogP contribution in [0.2, 0.25) is 0 Å². The van der Waals surface area contributed by atoms with Gasteiger partial charge in [0.2, 0.25) is 0 Å². The molecule has 176 valence electrons. The van der Waals surface area contributed by atoms with Crippen LogP contribution in [-0.4, -0.2) is 27.6 Å². The smallest absolute Gasteiger partial charge is 0.408 e. The number of ether oxygens (including phenoxy) is 1. The number of nitrogens with zero attached hydrogens (tertiary/aromatic N) is 1. The first-order valence-corrected chi connectivity index (χ1v) is 11.4. The third kappa shape index (κ3) is 5.20. The number of imidazole rings is 1. The van der Waals surface area contributed by atoms with Crippen LogP contribution in [0.15, 0.2) is 54.6 Å². The lowest BCUT2D eigenvalue weighted by Gasteiger charge is -2.19. The van der Waals surface area contributed by atoms with E-state index in [-0.39, 0.29) is 18.5 Å². The number of hydrogen-bond acceptors (Lipinski definition) is 4.